The minimum absolute atomic E-state index is 0.232. The van der Waals surface area contributed by atoms with Crippen LogP contribution >= 0.6 is 0 Å². The fourth-order valence-electron chi connectivity index (χ4n) is 1.83. The smallest absolute Gasteiger partial charge is 0.119 e. The zero-order valence-corrected chi connectivity index (χ0v) is 9.56. The van der Waals surface area contributed by atoms with Crippen LogP contribution in [0.1, 0.15) is 31.4 Å². The molecular weight excluding hydrogens is 204 g/mol. The van der Waals surface area contributed by atoms with Crippen LogP contribution in [0.15, 0.2) is 24.3 Å². The summed E-state index contributed by atoms with van der Waals surface area (Å²) in [5.74, 6) is 0.800. The molecule has 0 bridgehead atoms. The van der Waals surface area contributed by atoms with E-state index in [0.29, 0.717) is 6.61 Å². The third-order valence-corrected chi connectivity index (χ3v) is 2.80. The summed E-state index contributed by atoms with van der Waals surface area (Å²) >= 11 is 0. The van der Waals surface area contributed by atoms with Gasteiger partial charge >= 0.3 is 0 Å². The van der Waals surface area contributed by atoms with E-state index in [-0.39, 0.29) is 6.10 Å². The van der Waals surface area contributed by atoms with Gasteiger partial charge in [-0.15, -0.1) is 0 Å². The fourth-order valence-corrected chi connectivity index (χ4v) is 1.83. The molecule has 3 heteroatoms. The van der Waals surface area contributed by atoms with E-state index in [0.717, 1.165) is 30.8 Å². The molecule has 1 aromatic rings. The normalized spacial score (nSPS) is 22.0. The minimum atomic E-state index is -0.453. The zero-order valence-electron chi connectivity index (χ0n) is 9.56. The predicted molar refractivity (Wildman–Crippen MR) is 61.5 cm³/mol. The Labute approximate surface area is 96.0 Å². The molecular formula is C13H18O3. The Kier molecular flexibility index (Phi) is 3.80. The maximum atomic E-state index is 9.45. The van der Waals surface area contributed by atoms with Crippen LogP contribution in [-0.4, -0.2) is 24.4 Å². The van der Waals surface area contributed by atoms with Crippen LogP contribution in [-0.2, 0) is 4.74 Å². The number of hydrogen-bond acceptors (Lipinski definition) is 3. The third-order valence-electron chi connectivity index (χ3n) is 2.80. The van der Waals surface area contributed by atoms with E-state index < -0.39 is 6.10 Å². The van der Waals surface area contributed by atoms with Crippen LogP contribution in [0, 0.1) is 0 Å². The average Bonchev–Trinajstić information content (AvgIpc) is 2.79. The molecule has 2 atom stereocenters. The van der Waals surface area contributed by atoms with Gasteiger partial charge in [0.15, 0.2) is 0 Å². The average molecular weight is 222 g/mol. The molecule has 0 spiro atoms. The summed E-state index contributed by atoms with van der Waals surface area (Å²) in [6.07, 6.45) is 1.99. The number of ether oxygens (including phenoxy) is 2. The summed E-state index contributed by atoms with van der Waals surface area (Å²) in [5.41, 5.74) is 0.879. The molecule has 2 unspecified atom stereocenters. The van der Waals surface area contributed by atoms with Gasteiger partial charge in [-0.1, -0.05) is 12.1 Å². The second-order valence-corrected chi connectivity index (χ2v) is 4.19. The molecule has 1 aromatic carbocycles. The van der Waals surface area contributed by atoms with Crippen molar-refractivity contribution >= 4 is 0 Å². The van der Waals surface area contributed by atoms with E-state index in [1.165, 1.54) is 0 Å². The number of rotatable bonds is 4. The molecule has 1 aliphatic rings. The fraction of sp³-hybridized carbons (Fsp3) is 0.538. The highest BCUT2D eigenvalue weighted by Crippen LogP contribution is 2.20. The quantitative estimate of drug-likeness (QED) is 0.849. The lowest BCUT2D eigenvalue weighted by Crippen LogP contribution is -2.16. The molecule has 0 radical (unpaired) electrons. The molecule has 0 aliphatic carbocycles. The van der Waals surface area contributed by atoms with Crippen molar-refractivity contribution in [2.24, 2.45) is 0 Å². The molecule has 16 heavy (non-hydrogen) atoms. The van der Waals surface area contributed by atoms with Gasteiger partial charge in [-0.2, -0.15) is 0 Å². The molecule has 1 N–H and O–H groups in total. The van der Waals surface area contributed by atoms with Crippen molar-refractivity contribution in [3.8, 4) is 5.75 Å². The highest BCUT2D eigenvalue weighted by molar-refractivity contribution is 5.29. The number of hydrogen-bond donors (Lipinski definition) is 1. The SMILES string of the molecule is CC(O)c1cccc(OCC2CCCO2)c1. The maximum Gasteiger partial charge on any atom is 0.119 e. The summed E-state index contributed by atoms with van der Waals surface area (Å²) in [7, 11) is 0. The Balaban J connectivity index is 1.90. The van der Waals surface area contributed by atoms with Crippen LogP contribution in [0.5, 0.6) is 5.75 Å². The van der Waals surface area contributed by atoms with Crippen molar-refractivity contribution in [1.29, 1.82) is 0 Å². The van der Waals surface area contributed by atoms with Crippen molar-refractivity contribution in [2.45, 2.75) is 32.0 Å². The van der Waals surface area contributed by atoms with Gasteiger partial charge in [0.25, 0.3) is 0 Å². The molecule has 2 rings (SSSR count). The summed E-state index contributed by atoms with van der Waals surface area (Å²) in [4.78, 5) is 0. The molecule has 1 fully saturated rings. The Morgan fingerprint density at radius 2 is 2.44 bits per heavy atom. The second-order valence-electron chi connectivity index (χ2n) is 4.19. The first kappa shape index (κ1) is 11.4. The Bertz CT molecular complexity index is 330. The molecule has 0 saturated carbocycles. The number of aliphatic hydroxyl groups excluding tert-OH is 1. The molecule has 1 saturated heterocycles. The van der Waals surface area contributed by atoms with Gasteiger partial charge in [-0.05, 0) is 37.5 Å². The van der Waals surface area contributed by atoms with Crippen LogP contribution in [0.2, 0.25) is 0 Å². The van der Waals surface area contributed by atoms with Gasteiger partial charge < -0.3 is 14.6 Å². The standard InChI is InChI=1S/C13H18O3/c1-10(14)11-4-2-5-12(8-11)16-9-13-6-3-7-15-13/h2,4-5,8,10,13-14H,3,6-7,9H2,1H3. The molecule has 0 amide bonds. The van der Waals surface area contributed by atoms with Crippen LogP contribution < -0.4 is 4.74 Å². The van der Waals surface area contributed by atoms with Crippen molar-refractivity contribution in [2.75, 3.05) is 13.2 Å². The van der Waals surface area contributed by atoms with E-state index in [9.17, 15) is 5.11 Å². The van der Waals surface area contributed by atoms with E-state index in [2.05, 4.69) is 0 Å². The largest absolute Gasteiger partial charge is 0.491 e. The van der Waals surface area contributed by atoms with Crippen molar-refractivity contribution < 1.29 is 14.6 Å². The van der Waals surface area contributed by atoms with Gasteiger partial charge in [-0.25, -0.2) is 0 Å². The predicted octanol–water partition coefficient (Wildman–Crippen LogP) is 2.30. The lowest BCUT2D eigenvalue weighted by Gasteiger charge is -2.12. The lowest BCUT2D eigenvalue weighted by molar-refractivity contribution is 0.0678. The number of benzene rings is 1. The second kappa shape index (κ2) is 5.32. The zero-order chi connectivity index (χ0) is 11.4. The first-order valence-corrected chi connectivity index (χ1v) is 5.78. The van der Waals surface area contributed by atoms with Crippen molar-refractivity contribution in [1.82, 2.24) is 0 Å². The van der Waals surface area contributed by atoms with Crippen molar-refractivity contribution in [3.05, 3.63) is 29.8 Å². The third kappa shape index (κ3) is 2.97. The highest BCUT2D eigenvalue weighted by atomic mass is 16.5. The Morgan fingerprint density at radius 3 is 3.12 bits per heavy atom. The molecule has 3 nitrogen and oxygen atoms in total. The van der Waals surface area contributed by atoms with Gasteiger partial charge in [0.05, 0.1) is 12.2 Å². The number of aliphatic hydroxyl groups is 1. The maximum absolute atomic E-state index is 9.45. The molecule has 0 aromatic heterocycles. The summed E-state index contributed by atoms with van der Waals surface area (Å²) < 4.78 is 11.1. The summed E-state index contributed by atoms with van der Waals surface area (Å²) in [5, 5.41) is 9.45. The minimum Gasteiger partial charge on any atom is -0.491 e. The Hall–Kier alpha value is -1.06. The van der Waals surface area contributed by atoms with E-state index in [1.807, 2.05) is 24.3 Å². The van der Waals surface area contributed by atoms with Crippen LogP contribution in [0.4, 0.5) is 0 Å². The first-order chi connectivity index (χ1) is 7.75. The van der Waals surface area contributed by atoms with Crippen molar-refractivity contribution in [3.63, 3.8) is 0 Å². The van der Waals surface area contributed by atoms with Gasteiger partial charge in [0.1, 0.15) is 12.4 Å². The summed E-state index contributed by atoms with van der Waals surface area (Å²) in [6.45, 7) is 3.20. The van der Waals surface area contributed by atoms with Gasteiger partial charge in [0.2, 0.25) is 0 Å². The van der Waals surface area contributed by atoms with Gasteiger partial charge in [0, 0.05) is 6.61 Å². The van der Waals surface area contributed by atoms with E-state index >= 15 is 0 Å². The highest BCUT2D eigenvalue weighted by Gasteiger charge is 2.16. The van der Waals surface area contributed by atoms with Crippen LogP contribution in [0.25, 0.3) is 0 Å². The topological polar surface area (TPSA) is 38.7 Å². The van der Waals surface area contributed by atoms with Gasteiger partial charge in [-0.3, -0.25) is 0 Å². The molecule has 1 aliphatic heterocycles. The first-order valence-electron chi connectivity index (χ1n) is 5.78. The van der Waals surface area contributed by atoms with E-state index in [1.54, 1.807) is 6.92 Å². The molecule has 88 valence electrons. The Morgan fingerprint density at radius 1 is 1.56 bits per heavy atom. The molecule has 1 heterocycles. The summed E-state index contributed by atoms with van der Waals surface area (Å²) in [6, 6.07) is 7.57. The van der Waals surface area contributed by atoms with Crippen LogP contribution in [0.3, 0.4) is 0 Å². The lowest BCUT2D eigenvalue weighted by atomic mass is 10.1. The van der Waals surface area contributed by atoms with E-state index in [4.69, 9.17) is 9.47 Å². The monoisotopic (exact) mass is 222 g/mol.